The quantitative estimate of drug-likeness (QED) is 0.906. The molecule has 0 spiro atoms. The number of likely N-dealkylation sites (N-methyl/N-ethyl adjacent to an activating group) is 2. The summed E-state index contributed by atoms with van der Waals surface area (Å²) >= 11 is 0. The molecule has 0 saturated heterocycles. The van der Waals surface area contributed by atoms with Gasteiger partial charge in [0.05, 0.1) is 12.2 Å². The third-order valence-electron chi connectivity index (χ3n) is 4.64. The number of hydrogen-bond acceptors (Lipinski definition) is 3. The van der Waals surface area contributed by atoms with Crippen molar-refractivity contribution < 1.29 is 4.79 Å². The SMILES string of the molecule is CC(C(=O)N(C)C)N(C)Cc1cn[nH]c1C1CCCCC1. The maximum atomic E-state index is 12.1. The molecule has 1 aliphatic rings. The number of aromatic nitrogens is 2. The number of nitrogens with one attached hydrogen (secondary N) is 1. The fraction of sp³-hybridized carbons (Fsp3) is 0.750. The molecule has 1 atom stereocenters. The molecule has 0 radical (unpaired) electrons. The monoisotopic (exact) mass is 292 g/mol. The first-order valence-corrected chi connectivity index (χ1v) is 7.94. The molecule has 118 valence electrons. The van der Waals surface area contributed by atoms with Crippen LogP contribution in [0, 0.1) is 0 Å². The summed E-state index contributed by atoms with van der Waals surface area (Å²) in [5, 5.41) is 7.44. The maximum Gasteiger partial charge on any atom is 0.239 e. The van der Waals surface area contributed by atoms with Crippen LogP contribution in [-0.4, -0.2) is 53.1 Å². The number of carbonyl (C=O) groups is 1. The maximum absolute atomic E-state index is 12.1. The highest BCUT2D eigenvalue weighted by molar-refractivity contribution is 5.80. The Balaban J connectivity index is 2.02. The van der Waals surface area contributed by atoms with Crippen LogP contribution in [0.1, 0.15) is 56.2 Å². The normalized spacial score (nSPS) is 18.0. The molecule has 0 bridgehead atoms. The minimum absolute atomic E-state index is 0.117. The van der Waals surface area contributed by atoms with Gasteiger partial charge in [-0.05, 0) is 26.8 Å². The van der Waals surface area contributed by atoms with E-state index in [4.69, 9.17) is 0 Å². The van der Waals surface area contributed by atoms with Crippen LogP contribution in [0.15, 0.2) is 6.20 Å². The zero-order chi connectivity index (χ0) is 15.4. The number of amides is 1. The second-order valence-corrected chi connectivity index (χ2v) is 6.47. The molecule has 2 rings (SSSR count). The minimum atomic E-state index is -0.117. The van der Waals surface area contributed by atoms with Crippen molar-refractivity contribution in [3.63, 3.8) is 0 Å². The summed E-state index contributed by atoms with van der Waals surface area (Å²) in [7, 11) is 5.61. The van der Waals surface area contributed by atoms with E-state index in [-0.39, 0.29) is 11.9 Å². The summed E-state index contributed by atoms with van der Waals surface area (Å²) in [6, 6.07) is -0.117. The summed E-state index contributed by atoms with van der Waals surface area (Å²) in [5.41, 5.74) is 2.52. The van der Waals surface area contributed by atoms with Crippen molar-refractivity contribution in [3.8, 4) is 0 Å². The van der Waals surface area contributed by atoms with Crippen LogP contribution in [0.2, 0.25) is 0 Å². The van der Waals surface area contributed by atoms with E-state index in [1.165, 1.54) is 43.4 Å². The first-order valence-electron chi connectivity index (χ1n) is 7.94. The summed E-state index contributed by atoms with van der Waals surface area (Å²) in [6.07, 6.45) is 8.42. The fourth-order valence-electron chi connectivity index (χ4n) is 3.16. The van der Waals surface area contributed by atoms with Crippen LogP contribution in [-0.2, 0) is 11.3 Å². The minimum Gasteiger partial charge on any atom is -0.347 e. The lowest BCUT2D eigenvalue weighted by molar-refractivity contribution is -0.133. The van der Waals surface area contributed by atoms with Gasteiger partial charge in [0.25, 0.3) is 0 Å². The average Bonchev–Trinajstić information content (AvgIpc) is 2.94. The van der Waals surface area contributed by atoms with E-state index in [9.17, 15) is 4.79 Å². The number of carbonyl (C=O) groups excluding carboxylic acids is 1. The lowest BCUT2D eigenvalue weighted by Gasteiger charge is -2.27. The van der Waals surface area contributed by atoms with Crippen molar-refractivity contribution in [2.75, 3.05) is 21.1 Å². The first-order chi connectivity index (χ1) is 10.0. The van der Waals surface area contributed by atoms with Crippen molar-refractivity contribution in [1.29, 1.82) is 0 Å². The fourth-order valence-corrected chi connectivity index (χ4v) is 3.16. The Labute approximate surface area is 127 Å². The highest BCUT2D eigenvalue weighted by Gasteiger charge is 2.24. The number of aromatic amines is 1. The molecule has 21 heavy (non-hydrogen) atoms. The van der Waals surface area contributed by atoms with Crippen molar-refractivity contribution >= 4 is 5.91 Å². The van der Waals surface area contributed by atoms with Crippen LogP contribution in [0.25, 0.3) is 0 Å². The van der Waals surface area contributed by atoms with Crippen LogP contribution in [0.4, 0.5) is 0 Å². The Bertz CT molecular complexity index is 463. The lowest BCUT2D eigenvalue weighted by atomic mass is 9.85. The molecule has 1 aliphatic carbocycles. The molecule has 1 N–H and O–H groups in total. The van der Waals surface area contributed by atoms with Gasteiger partial charge in [-0.1, -0.05) is 19.3 Å². The number of H-pyrrole nitrogens is 1. The molecule has 1 unspecified atom stereocenters. The van der Waals surface area contributed by atoms with Gasteiger partial charge in [-0.15, -0.1) is 0 Å². The van der Waals surface area contributed by atoms with Crippen molar-refractivity contribution in [1.82, 2.24) is 20.0 Å². The molecule has 0 aliphatic heterocycles. The Morgan fingerprint density at radius 3 is 2.62 bits per heavy atom. The smallest absolute Gasteiger partial charge is 0.239 e. The third-order valence-corrected chi connectivity index (χ3v) is 4.64. The molecule has 1 fully saturated rings. The number of hydrogen-bond donors (Lipinski definition) is 1. The Kier molecular flexibility index (Phi) is 5.39. The zero-order valence-corrected chi connectivity index (χ0v) is 13.7. The summed E-state index contributed by atoms with van der Waals surface area (Å²) in [4.78, 5) is 15.8. The van der Waals surface area contributed by atoms with E-state index in [0.717, 1.165) is 6.54 Å². The molecular weight excluding hydrogens is 264 g/mol. The molecule has 1 heterocycles. The number of rotatable bonds is 5. The van der Waals surface area contributed by atoms with Crippen LogP contribution < -0.4 is 0 Å². The summed E-state index contributed by atoms with van der Waals surface area (Å²) in [6.45, 7) is 2.73. The van der Waals surface area contributed by atoms with Gasteiger partial charge < -0.3 is 4.90 Å². The molecule has 1 aromatic heterocycles. The van der Waals surface area contributed by atoms with Crippen LogP contribution >= 0.6 is 0 Å². The molecule has 0 aromatic carbocycles. The zero-order valence-electron chi connectivity index (χ0n) is 13.7. The molecule has 5 heteroatoms. The Hall–Kier alpha value is -1.36. The van der Waals surface area contributed by atoms with Crippen molar-refractivity contribution in [3.05, 3.63) is 17.5 Å². The van der Waals surface area contributed by atoms with Gasteiger partial charge in [-0.25, -0.2) is 0 Å². The van der Waals surface area contributed by atoms with Crippen molar-refractivity contribution in [2.24, 2.45) is 0 Å². The molecular formula is C16H28N4O. The van der Waals surface area contributed by atoms with Gasteiger partial charge in [0.2, 0.25) is 5.91 Å². The topological polar surface area (TPSA) is 52.2 Å². The Morgan fingerprint density at radius 2 is 2.00 bits per heavy atom. The first kappa shape index (κ1) is 16.0. The molecule has 1 saturated carbocycles. The predicted molar refractivity (Wildman–Crippen MR) is 84.0 cm³/mol. The highest BCUT2D eigenvalue weighted by atomic mass is 16.2. The van der Waals surface area contributed by atoms with Gasteiger partial charge in [-0.3, -0.25) is 14.8 Å². The van der Waals surface area contributed by atoms with Gasteiger partial charge in [0.1, 0.15) is 0 Å². The van der Waals surface area contributed by atoms with Crippen molar-refractivity contribution in [2.45, 2.75) is 57.5 Å². The van der Waals surface area contributed by atoms with Gasteiger partial charge >= 0.3 is 0 Å². The second kappa shape index (κ2) is 7.07. The van der Waals surface area contributed by atoms with E-state index in [0.29, 0.717) is 5.92 Å². The largest absolute Gasteiger partial charge is 0.347 e. The highest BCUT2D eigenvalue weighted by Crippen LogP contribution is 2.33. The van der Waals surface area contributed by atoms with E-state index in [1.807, 2.05) is 20.2 Å². The predicted octanol–water partition coefficient (Wildman–Crippen LogP) is 2.37. The van der Waals surface area contributed by atoms with Gasteiger partial charge in [-0.2, -0.15) is 5.10 Å². The van der Waals surface area contributed by atoms with E-state index in [2.05, 4.69) is 15.1 Å². The van der Waals surface area contributed by atoms with Crippen LogP contribution in [0.3, 0.4) is 0 Å². The lowest BCUT2D eigenvalue weighted by Crippen LogP contribution is -2.42. The van der Waals surface area contributed by atoms with E-state index >= 15 is 0 Å². The van der Waals surface area contributed by atoms with Gasteiger partial charge in [0.15, 0.2) is 0 Å². The average molecular weight is 292 g/mol. The Morgan fingerprint density at radius 1 is 1.33 bits per heavy atom. The van der Waals surface area contributed by atoms with Gasteiger partial charge in [0, 0.05) is 37.8 Å². The second-order valence-electron chi connectivity index (χ2n) is 6.47. The molecule has 1 aromatic rings. The van der Waals surface area contributed by atoms with Crippen LogP contribution in [0.5, 0.6) is 0 Å². The summed E-state index contributed by atoms with van der Waals surface area (Å²) in [5.74, 6) is 0.754. The van der Waals surface area contributed by atoms with E-state index < -0.39 is 0 Å². The molecule has 1 amide bonds. The standard InChI is InChI=1S/C16H28N4O/c1-12(16(21)19(2)3)20(4)11-14-10-17-18-15(14)13-8-6-5-7-9-13/h10,12-13H,5-9,11H2,1-4H3,(H,17,18). The molecule has 5 nitrogen and oxygen atoms in total. The third kappa shape index (κ3) is 3.84. The number of nitrogens with zero attached hydrogens (tertiary/aromatic N) is 3. The summed E-state index contributed by atoms with van der Waals surface area (Å²) < 4.78 is 0. The van der Waals surface area contributed by atoms with E-state index in [1.54, 1.807) is 19.0 Å².